The molecule has 1 aromatic carbocycles. The van der Waals surface area contributed by atoms with Crippen molar-refractivity contribution in [3.05, 3.63) is 58.0 Å². The van der Waals surface area contributed by atoms with Gasteiger partial charge in [-0.3, -0.25) is 4.57 Å². The summed E-state index contributed by atoms with van der Waals surface area (Å²) in [4.78, 5) is 26.3. The molecule has 0 aliphatic heterocycles. The van der Waals surface area contributed by atoms with Crippen molar-refractivity contribution in [3.63, 3.8) is 0 Å². The van der Waals surface area contributed by atoms with Crippen molar-refractivity contribution in [1.29, 1.82) is 0 Å². The van der Waals surface area contributed by atoms with Gasteiger partial charge in [-0.25, -0.2) is 4.79 Å². The number of imidazole rings is 1. The van der Waals surface area contributed by atoms with Gasteiger partial charge in [0.15, 0.2) is 6.04 Å². The van der Waals surface area contributed by atoms with Gasteiger partial charge in [-0.05, 0) is 29.3 Å². The maximum atomic E-state index is 12.2. The Balaban J connectivity index is 2.50. The monoisotopic (exact) mass is 289 g/mol. The second-order valence-electron chi connectivity index (χ2n) is 4.38. The fourth-order valence-electron chi connectivity index (χ4n) is 2.12. The molecule has 1 atom stereocenters. The number of ether oxygens (including phenoxy) is 1. The number of hydrogen-bond acceptors (Lipinski definition) is 5. The molecule has 0 radical (unpaired) electrons. The van der Waals surface area contributed by atoms with Crippen LogP contribution in [0.15, 0.2) is 36.7 Å². The second-order valence-corrected chi connectivity index (χ2v) is 4.38. The Labute approximate surface area is 121 Å². The van der Waals surface area contributed by atoms with Gasteiger partial charge in [0.05, 0.1) is 6.61 Å². The highest BCUT2D eigenvalue weighted by atomic mass is 16.6. The van der Waals surface area contributed by atoms with Crippen LogP contribution in [-0.4, -0.2) is 27.1 Å². The molecule has 7 nitrogen and oxygen atoms in total. The van der Waals surface area contributed by atoms with Crippen molar-refractivity contribution in [2.45, 2.75) is 19.9 Å². The highest BCUT2D eigenvalue weighted by Crippen LogP contribution is 2.25. The van der Waals surface area contributed by atoms with Crippen molar-refractivity contribution in [1.82, 2.24) is 9.55 Å². The second kappa shape index (κ2) is 6.17. The van der Waals surface area contributed by atoms with E-state index in [2.05, 4.69) is 4.98 Å². The maximum Gasteiger partial charge on any atom is 0.384 e. The number of esters is 1. The Hall–Kier alpha value is -2.70. The summed E-state index contributed by atoms with van der Waals surface area (Å²) in [6, 6.07) is 8.17. The predicted octanol–water partition coefficient (Wildman–Crippen LogP) is 2.25. The molecule has 0 aliphatic carbocycles. The zero-order valence-corrected chi connectivity index (χ0v) is 11.7. The molecule has 0 saturated heterocycles. The van der Waals surface area contributed by atoms with Crippen molar-refractivity contribution in [3.8, 4) is 0 Å². The number of carbonyl (C=O) groups is 1. The van der Waals surface area contributed by atoms with E-state index in [1.165, 1.54) is 10.9 Å². The molecule has 0 spiro atoms. The average Bonchev–Trinajstić information content (AvgIpc) is 2.83. The molecular formula is C14H15N3O4. The summed E-state index contributed by atoms with van der Waals surface area (Å²) in [5.41, 5.74) is 0.994. The summed E-state index contributed by atoms with van der Waals surface area (Å²) in [6.45, 7) is 3.50. The van der Waals surface area contributed by atoms with Gasteiger partial charge in [0.25, 0.3) is 0 Å². The van der Waals surface area contributed by atoms with Gasteiger partial charge in [-0.15, -0.1) is 0 Å². The first-order valence-electron chi connectivity index (χ1n) is 6.45. The van der Waals surface area contributed by atoms with Gasteiger partial charge in [-0.1, -0.05) is 30.3 Å². The highest BCUT2D eigenvalue weighted by Gasteiger charge is 2.29. The molecule has 110 valence electrons. The maximum absolute atomic E-state index is 12.2. The number of hydrogen-bond donors (Lipinski definition) is 0. The van der Waals surface area contributed by atoms with E-state index < -0.39 is 16.9 Å². The first-order chi connectivity index (χ1) is 10.1. The molecule has 1 aromatic heterocycles. The summed E-state index contributed by atoms with van der Waals surface area (Å²) in [5, 5.41) is 10.9. The lowest BCUT2D eigenvalue weighted by Gasteiger charge is -2.17. The largest absolute Gasteiger partial charge is 0.464 e. The van der Waals surface area contributed by atoms with E-state index >= 15 is 0 Å². The molecule has 2 rings (SSSR count). The topological polar surface area (TPSA) is 87.3 Å². The molecule has 0 saturated carbocycles. The number of rotatable bonds is 5. The Morgan fingerprint density at radius 3 is 2.62 bits per heavy atom. The number of carbonyl (C=O) groups excluding carboxylic acids is 1. The molecule has 21 heavy (non-hydrogen) atoms. The number of benzene rings is 1. The van der Waals surface area contributed by atoms with Gasteiger partial charge in [0.1, 0.15) is 5.69 Å². The summed E-state index contributed by atoms with van der Waals surface area (Å²) < 4.78 is 6.54. The van der Waals surface area contributed by atoms with E-state index in [4.69, 9.17) is 4.74 Å². The summed E-state index contributed by atoms with van der Waals surface area (Å²) in [5.74, 6) is -0.737. The third-order valence-electron chi connectivity index (χ3n) is 3.09. The molecule has 1 unspecified atom stereocenters. The fourth-order valence-corrected chi connectivity index (χ4v) is 2.12. The molecule has 0 amide bonds. The average molecular weight is 289 g/mol. The van der Waals surface area contributed by atoms with Crippen molar-refractivity contribution >= 4 is 11.8 Å². The van der Waals surface area contributed by atoms with Crippen LogP contribution in [-0.2, 0) is 9.53 Å². The minimum atomic E-state index is -0.785. The Morgan fingerprint density at radius 1 is 1.43 bits per heavy atom. The lowest BCUT2D eigenvalue weighted by Crippen LogP contribution is -2.23. The van der Waals surface area contributed by atoms with Crippen LogP contribution in [0.2, 0.25) is 0 Å². The molecular weight excluding hydrogens is 274 g/mol. The first-order valence-corrected chi connectivity index (χ1v) is 6.45. The van der Waals surface area contributed by atoms with Crippen LogP contribution in [0.1, 0.15) is 24.2 Å². The Morgan fingerprint density at radius 2 is 2.10 bits per heavy atom. The van der Waals surface area contributed by atoms with E-state index in [0.29, 0.717) is 11.3 Å². The van der Waals surface area contributed by atoms with Gasteiger partial charge >= 0.3 is 11.8 Å². The predicted molar refractivity (Wildman–Crippen MR) is 74.8 cm³/mol. The third-order valence-corrected chi connectivity index (χ3v) is 3.09. The van der Waals surface area contributed by atoms with E-state index in [-0.39, 0.29) is 12.4 Å². The SMILES string of the molecule is CCOC(=O)C(c1ccccc1)n1cnc([N+](=O)[O-])c1C. The molecule has 0 N–H and O–H groups in total. The molecule has 0 bridgehead atoms. The quantitative estimate of drug-likeness (QED) is 0.478. The zero-order valence-electron chi connectivity index (χ0n) is 11.7. The van der Waals surface area contributed by atoms with Crippen molar-refractivity contribution < 1.29 is 14.5 Å². The lowest BCUT2D eigenvalue weighted by atomic mass is 10.1. The van der Waals surface area contributed by atoms with Crippen molar-refractivity contribution in [2.24, 2.45) is 0 Å². The van der Waals surface area contributed by atoms with Crippen LogP contribution < -0.4 is 0 Å². The van der Waals surface area contributed by atoms with Gasteiger partial charge in [-0.2, -0.15) is 0 Å². The number of nitrogens with zero attached hydrogens (tertiary/aromatic N) is 3. The van der Waals surface area contributed by atoms with Crippen LogP contribution in [0.5, 0.6) is 0 Å². The van der Waals surface area contributed by atoms with Gasteiger partial charge in [0.2, 0.25) is 6.33 Å². The minimum Gasteiger partial charge on any atom is -0.464 e. The molecule has 1 heterocycles. The first kappa shape index (κ1) is 14.7. The lowest BCUT2D eigenvalue weighted by molar-refractivity contribution is -0.389. The van der Waals surface area contributed by atoms with Gasteiger partial charge < -0.3 is 14.9 Å². The molecule has 7 heteroatoms. The smallest absolute Gasteiger partial charge is 0.384 e. The zero-order chi connectivity index (χ0) is 15.4. The summed E-state index contributed by atoms with van der Waals surface area (Å²) >= 11 is 0. The van der Waals surface area contributed by atoms with Crippen LogP contribution in [0, 0.1) is 17.0 Å². The highest BCUT2D eigenvalue weighted by molar-refractivity contribution is 5.78. The van der Waals surface area contributed by atoms with E-state index in [9.17, 15) is 14.9 Å². The third kappa shape index (κ3) is 2.91. The van der Waals surface area contributed by atoms with E-state index in [0.717, 1.165) is 0 Å². The van der Waals surface area contributed by atoms with Gasteiger partial charge in [0, 0.05) is 0 Å². The van der Waals surface area contributed by atoms with E-state index in [1.54, 1.807) is 38.1 Å². The van der Waals surface area contributed by atoms with Crippen LogP contribution in [0.3, 0.4) is 0 Å². The molecule has 0 fully saturated rings. The standard InChI is InChI=1S/C14H15N3O4/c1-3-21-14(18)12(11-7-5-4-6-8-11)16-9-15-13(10(16)2)17(19)20/h4-9,12H,3H2,1-2H3. The Bertz CT molecular complexity index is 651. The van der Waals surface area contributed by atoms with Crippen molar-refractivity contribution in [2.75, 3.05) is 6.61 Å². The van der Waals surface area contributed by atoms with Crippen LogP contribution >= 0.6 is 0 Å². The molecule has 2 aromatic rings. The van der Waals surface area contributed by atoms with Crippen LogP contribution in [0.25, 0.3) is 0 Å². The normalized spacial score (nSPS) is 11.9. The summed E-state index contributed by atoms with van der Waals surface area (Å²) in [6.07, 6.45) is 1.29. The minimum absolute atomic E-state index is 0.234. The number of nitro groups is 1. The number of aromatic nitrogens is 2. The Kier molecular flexibility index (Phi) is 4.32. The summed E-state index contributed by atoms with van der Waals surface area (Å²) in [7, 11) is 0. The molecule has 0 aliphatic rings. The van der Waals surface area contributed by atoms with E-state index in [1.807, 2.05) is 6.07 Å². The van der Waals surface area contributed by atoms with Crippen LogP contribution in [0.4, 0.5) is 5.82 Å². The fraction of sp³-hybridized carbons (Fsp3) is 0.286.